The van der Waals surface area contributed by atoms with E-state index in [9.17, 15) is 9.18 Å². The van der Waals surface area contributed by atoms with Gasteiger partial charge in [0, 0.05) is 17.7 Å². The summed E-state index contributed by atoms with van der Waals surface area (Å²) in [5, 5.41) is 3.07. The van der Waals surface area contributed by atoms with Crippen molar-refractivity contribution in [2.45, 2.75) is 32.4 Å². The van der Waals surface area contributed by atoms with Crippen LogP contribution in [0.3, 0.4) is 0 Å². The highest BCUT2D eigenvalue weighted by molar-refractivity contribution is 6.30. The number of ether oxygens (including phenoxy) is 1. The zero-order valence-corrected chi connectivity index (χ0v) is 15.8. The number of carbonyl (C=O) groups excluding carboxylic acids is 1. The molecule has 0 bridgehead atoms. The zero-order valence-electron chi connectivity index (χ0n) is 15.0. The molecule has 2 aromatic rings. The molecule has 3 heterocycles. The van der Waals surface area contributed by atoms with Crippen molar-refractivity contribution in [3.05, 3.63) is 52.8 Å². The van der Waals surface area contributed by atoms with Gasteiger partial charge in [-0.05, 0) is 32.0 Å². The molecule has 1 unspecified atom stereocenters. The van der Waals surface area contributed by atoms with Gasteiger partial charge in [-0.2, -0.15) is 4.39 Å². The van der Waals surface area contributed by atoms with E-state index in [2.05, 4.69) is 20.3 Å². The van der Waals surface area contributed by atoms with Crippen LogP contribution < -0.4 is 11.1 Å². The molecule has 0 aromatic carbocycles. The number of amidine groups is 1. The standard InChI is InChI=1S/C18H19ClFN5O2/c1-9-10(2)27-17(21)25-18(9,3)13-6-12(8-23-15(13)20)24-16(26)14-5-4-11(19)7-22-14/h4-10H,1-3H3,(H2,21,25)(H,24,26)/t9-,10?,18-/m1/s1. The molecular formula is C18H19ClFN5O2. The molecule has 0 saturated heterocycles. The topological polar surface area (TPSA) is 102 Å². The Labute approximate surface area is 160 Å². The van der Waals surface area contributed by atoms with E-state index in [-0.39, 0.29) is 29.3 Å². The molecule has 9 heteroatoms. The first-order chi connectivity index (χ1) is 12.7. The van der Waals surface area contributed by atoms with Crippen molar-refractivity contribution in [2.24, 2.45) is 16.6 Å². The van der Waals surface area contributed by atoms with Crippen LogP contribution in [-0.2, 0) is 10.3 Å². The highest BCUT2D eigenvalue weighted by Gasteiger charge is 2.43. The van der Waals surface area contributed by atoms with Crippen LogP contribution in [0.4, 0.5) is 10.1 Å². The third-order valence-electron chi connectivity index (χ3n) is 4.84. The molecule has 1 aliphatic heterocycles. The van der Waals surface area contributed by atoms with E-state index < -0.39 is 17.4 Å². The van der Waals surface area contributed by atoms with Crippen molar-refractivity contribution in [3.8, 4) is 0 Å². The summed E-state index contributed by atoms with van der Waals surface area (Å²) in [6, 6.07) is 4.54. The number of carbonyl (C=O) groups is 1. The lowest BCUT2D eigenvalue weighted by Gasteiger charge is -2.39. The van der Waals surface area contributed by atoms with Crippen LogP contribution >= 0.6 is 11.6 Å². The lowest BCUT2D eigenvalue weighted by atomic mass is 9.78. The number of halogens is 2. The highest BCUT2D eigenvalue weighted by atomic mass is 35.5. The quantitative estimate of drug-likeness (QED) is 0.782. The minimum Gasteiger partial charge on any atom is -0.462 e. The SMILES string of the molecule is CC1OC(N)=N[C@@](C)(c2cc(NC(=O)c3ccc(Cl)cn3)cnc2F)[C@@H]1C. The number of aromatic nitrogens is 2. The van der Waals surface area contributed by atoms with Gasteiger partial charge in [-0.25, -0.2) is 15.0 Å². The van der Waals surface area contributed by atoms with Crippen molar-refractivity contribution in [2.75, 3.05) is 5.32 Å². The number of anilines is 1. The molecule has 27 heavy (non-hydrogen) atoms. The summed E-state index contributed by atoms with van der Waals surface area (Å²) < 4.78 is 19.9. The monoisotopic (exact) mass is 391 g/mol. The molecule has 7 nitrogen and oxygen atoms in total. The average Bonchev–Trinajstić information content (AvgIpc) is 2.61. The summed E-state index contributed by atoms with van der Waals surface area (Å²) >= 11 is 5.77. The summed E-state index contributed by atoms with van der Waals surface area (Å²) in [5.41, 5.74) is 5.47. The Morgan fingerprint density at radius 1 is 1.33 bits per heavy atom. The van der Waals surface area contributed by atoms with Gasteiger partial charge in [0.1, 0.15) is 11.8 Å². The third kappa shape index (κ3) is 3.71. The second-order valence-electron chi connectivity index (χ2n) is 6.59. The maximum absolute atomic E-state index is 14.5. The first-order valence-corrected chi connectivity index (χ1v) is 8.69. The fourth-order valence-corrected chi connectivity index (χ4v) is 3.10. The zero-order chi connectivity index (χ0) is 19.8. The van der Waals surface area contributed by atoms with Gasteiger partial charge in [0.05, 0.1) is 22.4 Å². The Hall–Kier alpha value is -2.74. The summed E-state index contributed by atoms with van der Waals surface area (Å²) in [7, 11) is 0. The maximum Gasteiger partial charge on any atom is 0.283 e. The first kappa shape index (κ1) is 19.0. The first-order valence-electron chi connectivity index (χ1n) is 8.31. The number of rotatable bonds is 3. The minimum atomic E-state index is -0.988. The molecule has 3 N–H and O–H groups in total. The molecule has 1 aliphatic rings. The van der Waals surface area contributed by atoms with E-state index >= 15 is 0 Å². The molecule has 0 aliphatic carbocycles. The summed E-state index contributed by atoms with van der Waals surface area (Å²) in [6.45, 7) is 5.49. The molecule has 0 spiro atoms. The van der Waals surface area contributed by atoms with Crippen LogP contribution in [-0.4, -0.2) is 28.0 Å². The summed E-state index contributed by atoms with van der Waals surface area (Å²) in [4.78, 5) is 24.4. The highest BCUT2D eigenvalue weighted by Crippen LogP contribution is 2.40. The molecule has 2 aromatic heterocycles. The normalized spacial score (nSPS) is 24.7. The number of aliphatic imine (C=N–C) groups is 1. The number of nitrogens with zero attached hydrogens (tertiary/aromatic N) is 3. The van der Waals surface area contributed by atoms with Gasteiger partial charge in [0.15, 0.2) is 0 Å². The second-order valence-corrected chi connectivity index (χ2v) is 7.02. The van der Waals surface area contributed by atoms with E-state index in [4.69, 9.17) is 22.1 Å². The van der Waals surface area contributed by atoms with Crippen molar-refractivity contribution in [3.63, 3.8) is 0 Å². The maximum atomic E-state index is 14.5. The Kier molecular flexibility index (Phi) is 5.01. The summed E-state index contributed by atoms with van der Waals surface area (Å²) in [5.74, 6) is -1.32. The van der Waals surface area contributed by atoms with Gasteiger partial charge < -0.3 is 15.8 Å². The van der Waals surface area contributed by atoms with Crippen LogP contribution in [0.15, 0.2) is 35.6 Å². The molecule has 0 radical (unpaired) electrons. The molecule has 142 valence electrons. The number of nitrogens with one attached hydrogen (secondary N) is 1. The molecule has 3 atom stereocenters. The lowest BCUT2D eigenvalue weighted by Crippen LogP contribution is -2.45. The predicted molar refractivity (Wildman–Crippen MR) is 100 cm³/mol. The fourth-order valence-electron chi connectivity index (χ4n) is 2.99. The second kappa shape index (κ2) is 7.11. The fraction of sp³-hybridized carbons (Fsp3) is 0.333. The van der Waals surface area contributed by atoms with Gasteiger partial charge in [-0.1, -0.05) is 18.5 Å². The average molecular weight is 392 g/mol. The van der Waals surface area contributed by atoms with Crippen LogP contribution in [0.25, 0.3) is 0 Å². The van der Waals surface area contributed by atoms with Crippen LogP contribution in [0.2, 0.25) is 5.02 Å². The van der Waals surface area contributed by atoms with Crippen molar-refractivity contribution in [1.29, 1.82) is 0 Å². The van der Waals surface area contributed by atoms with Gasteiger partial charge in [-0.3, -0.25) is 4.79 Å². The van der Waals surface area contributed by atoms with Crippen LogP contribution in [0, 0.1) is 11.9 Å². The smallest absolute Gasteiger partial charge is 0.283 e. The van der Waals surface area contributed by atoms with Crippen LogP contribution in [0.5, 0.6) is 0 Å². The van der Waals surface area contributed by atoms with E-state index in [1.165, 1.54) is 24.5 Å². The Morgan fingerprint density at radius 2 is 2.07 bits per heavy atom. The van der Waals surface area contributed by atoms with Crippen molar-refractivity contribution < 1.29 is 13.9 Å². The van der Waals surface area contributed by atoms with Crippen LogP contribution in [0.1, 0.15) is 36.8 Å². The number of hydrogen-bond donors (Lipinski definition) is 2. The number of amides is 1. The van der Waals surface area contributed by atoms with Crippen molar-refractivity contribution in [1.82, 2.24) is 9.97 Å². The van der Waals surface area contributed by atoms with E-state index in [1.54, 1.807) is 13.0 Å². The third-order valence-corrected chi connectivity index (χ3v) is 5.07. The van der Waals surface area contributed by atoms with Gasteiger partial charge >= 0.3 is 0 Å². The molecule has 3 rings (SSSR count). The number of hydrogen-bond acceptors (Lipinski definition) is 6. The molecule has 0 fully saturated rings. The Bertz CT molecular complexity index is 905. The van der Waals surface area contributed by atoms with Crippen molar-refractivity contribution >= 4 is 29.2 Å². The minimum absolute atomic E-state index is 0.0118. The number of pyridine rings is 2. The Balaban J connectivity index is 1.94. The van der Waals surface area contributed by atoms with E-state index in [1.807, 2.05) is 13.8 Å². The van der Waals surface area contributed by atoms with E-state index in [0.717, 1.165) is 0 Å². The van der Waals surface area contributed by atoms with Gasteiger partial charge in [0.2, 0.25) is 5.95 Å². The lowest BCUT2D eigenvalue weighted by molar-refractivity contribution is 0.0700. The summed E-state index contributed by atoms with van der Waals surface area (Å²) in [6.07, 6.45) is 2.34. The number of nitrogens with two attached hydrogens (primary N) is 1. The largest absolute Gasteiger partial charge is 0.462 e. The Morgan fingerprint density at radius 3 is 2.74 bits per heavy atom. The molecule has 0 saturated carbocycles. The van der Waals surface area contributed by atoms with E-state index in [0.29, 0.717) is 10.7 Å². The predicted octanol–water partition coefficient (Wildman–Crippen LogP) is 3.11. The van der Waals surface area contributed by atoms with Gasteiger partial charge in [-0.15, -0.1) is 0 Å². The molecular weight excluding hydrogens is 373 g/mol. The van der Waals surface area contributed by atoms with Gasteiger partial charge in [0.25, 0.3) is 11.9 Å². The molecule has 1 amide bonds.